The Balaban J connectivity index is 1.79. The minimum absolute atomic E-state index is 0.0862. The summed E-state index contributed by atoms with van der Waals surface area (Å²) in [5.41, 5.74) is 1.60. The number of nitrogens with zero attached hydrogens (tertiary/aromatic N) is 2. The van der Waals surface area contributed by atoms with E-state index in [-0.39, 0.29) is 12.3 Å². The lowest BCUT2D eigenvalue weighted by molar-refractivity contribution is -0.137. The third-order valence-corrected chi connectivity index (χ3v) is 4.10. The molecule has 1 aromatic heterocycles. The molecule has 120 valence electrons. The summed E-state index contributed by atoms with van der Waals surface area (Å²) in [6, 6.07) is 9.00. The summed E-state index contributed by atoms with van der Waals surface area (Å²) in [7, 11) is 0. The first-order valence-corrected chi connectivity index (χ1v) is 8.04. The normalized spacial score (nSPS) is 13.8. The van der Waals surface area contributed by atoms with Crippen molar-refractivity contribution in [2.75, 3.05) is 6.54 Å². The number of hydrogen-bond acceptors (Lipinski definition) is 4. The number of carbonyl (C=O) groups excluding carboxylic acids is 1. The number of amides is 1. The molecule has 0 bridgehead atoms. The van der Waals surface area contributed by atoms with Crippen LogP contribution in [-0.2, 0) is 11.3 Å². The number of carbonyl (C=O) groups is 2. The van der Waals surface area contributed by atoms with Crippen LogP contribution < -0.4 is 0 Å². The third kappa shape index (κ3) is 3.98. The highest BCUT2D eigenvalue weighted by Crippen LogP contribution is 2.39. The second kappa shape index (κ2) is 6.54. The molecular weight excluding hydrogens is 364 g/mol. The molecule has 7 heteroatoms. The minimum Gasteiger partial charge on any atom is -0.480 e. The monoisotopic (exact) mass is 378 g/mol. The summed E-state index contributed by atoms with van der Waals surface area (Å²) in [5.74, 6) is -1.08. The summed E-state index contributed by atoms with van der Waals surface area (Å²) in [6.45, 7) is -0.213. The van der Waals surface area contributed by atoms with Gasteiger partial charge in [0.05, 0.1) is 5.69 Å². The van der Waals surface area contributed by atoms with E-state index in [4.69, 9.17) is 9.63 Å². The molecule has 0 saturated heterocycles. The highest BCUT2D eigenvalue weighted by atomic mass is 79.9. The Morgan fingerprint density at radius 2 is 2.13 bits per heavy atom. The largest absolute Gasteiger partial charge is 0.480 e. The van der Waals surface area contributed by atoms with Crippen LogP contribution in [0.5, 0.6) is 0 Å². The van der Waals surface area contributed by atoms with Gasteiger partial charge in [0, 0.05) is 23.0 Å². The maximum atomic E-state index is 12.5. The molecule has 23 heavy (non-hydrogen) atoms. The van der Waals surface area contributed by atoms with Gasteiger partial charge < -0.3 is 14.5 Å². The number of hydrogen-bond donors (Lipinski definition) is 1. The van der Waals surface area contributed by atoms with Crippen molar-refractivity contribution in [1.29, 1.82) is 0 Å². The second-order valence-corrected chi connectivity index (χ2v) is 6.49. The molecule has 2 aromatic rings. The van der Waals surface area contributed by atoms with Crippen LogP contribution in [0, 0.1) is 0 Å². The number of carboxylic acid groups (broad SMARTS) is 1. The lowest BCUT2D eigenvalue weighted by Gasteiger charge is -2.19. The number of halogens is 1. The van der Waals surface area contributed by atoms with Crippen molar-refractivity contribution < 1.29 is 19.2 Å². The molecule has 1 N–H and O–H groups in total. The first kappa shape index (κ1) is 15.7. The molecule has 0 spiro atoms. The molecule has 3 rings (SSSR count). The van der Waals surface area contributed by atoms with Gasteiger partial charge in [-0.1, -0.05) is 33.2 Å². The average molecular weight is 379 g/mol. The predicted molar refractivity (Wildman–Crippen MR) is 85.0 cm³/mol. The molecule has 1 fully saturated rings. The second-order valence-electron chi connectivity index (χ2n) is 5.58. The maximum Gasteiger partial charge on any atom is 0.323 e. The SMILES string of the molecule is O=C(O)CN(Cc1cccc(Br)c1)C(=O)c1cc(C2CC2)no1. The van der Waals surface area contributed by atoms with E-state index in [9.17, 15) is 9.59 Å². The Morgan fingerprint density at radius 1 is 1.35 bits per heavy atom. The van der Waals surface area contributed by atoms with Gasteiger partial charge in [-0.05, 0) is 30.5 Å². The molecular formula is C16H15BrN2O4. The molecule has 0 aliphatic heterocycles. The summed E-state index contributed by atoms with van der Waals surface area (Å²) >= 11 is 3.36. The number of carboxylic acids is 1. The Labute approximate surface area is 141 Å². The van der Waals surface area contributed by atoms with Crippen molar-refractivity contribution in [3.8, 4) is 0 Å². The fourth-order valence-corrected chi connectivity index (χ4v) is 2.78. The zero-order valence-electron chi connectivity index (χ0n) is 12.2. The van der Waals surface area contributed by atoms with Crippen LogP contribution in [0.1, 0.15) is 40.6 Å². The van der Waals surface area contributed by atoms with Crippen molar-refractivity contribution in [2.45, 2.75) is 25.3 Å². The van der Waals surface area contributed by atoms with Crippen molar-refractivity contribution in [3.05, 3.63) is 51.8 Å². The van der Waals surface area contributed by atoms with E-state index in [0.29, 0.717) is 5.92 Å². The quantitative estimate of drug-likeness (QED) is 0.834. The topological polar surface area (TPSA) is 83.6 Å². The van der Waals surface area contributed by atoms with E-state index in [0.717, 1.165) is 28.6 Å². The maximum absolute atomic E-state index is 12.5. The van der Waals surface area contributed by atoms with Crippen LogP contribution in [0.15, 0.2) is 39.3 Å². The zero-order chi connectivity index (χ0) is 16.4. The molecule has 0 unspecified atom stereocenters. The predicted octanol–water partition coefficient (Wildman–Crippen LogP) is 3.04. The standard InChI is InChI=1S/C16H15BrN2O4/c17-12-3-1-2-10(6-12)8-19(9-15(20)21)16(22)14-7-13(18-23-14)11-4-5-11/h1-3,6-7,11H,4-5,8-9H2,(H,20,21). The van der Waals surface area contributed by atoms with Gasteiger partial charge in [-0.2, -0.15) is 0 Å². The number of aromatic nitrogens is 1. The first-order valence-electron chi connectivity index (χ1n) is 7.25. The van der Waals surface area contributed by atoms with E-state index >= 15 is 0 Å². The van der Waals surface area contributed by atoms with Crippen molar-refractivity contribution >= 4 is 27.8 Å². The Kier molecular flexibility index (Phi) is 4.47. The third-order valence-electron chi connectivity index (χ3n) is 3.61. The highest BCUT2D eigenvalue weighted by Gasteiger charge is 2.30. The molecule has 6 nitrogen and oxygen atoms in total. The fraction of sp³-hybridized carbons (Fsp3) is 0.312. The number of benzene rings is 1. The fourth-order valence-electron chi connectivity index (χ4n) is 2.34. The Morgan fingerprint density at radius 3 is 2.78 bits per heavy atom. The number of aliphatic carboxylic acids is 1. The van der Waals surface area contributed by atoms with Gasteiger partial charge in [0.25, 0.3) is 5.91 Å². The lowest BCUT2D eigenvalue weighted by atomic mass is 10.2. The molecule has 1 saturated carbocycles. The summed E-state index contributed by atoms with van der Waals surface area (Å²) < 4.78 is 5.98. The highest BCUT2D eigenvalue weighted by molar-refractivity contribution is 9.10. The van der Waals surface area contributed by atoms with Gasteiger partial charge in [-0.25, -0.2) is 0 Å². The van der Waals surface area contributed by atoms with Gasteiger partial charge in [-0.3, -0.25) is 9.59 Å². The molecule has 1 aliphatic carbocycles. The Hall–Kier alpha value is -2.15. The molecule has 1 heterocycles. The van der Waals surface area contributed by atoms with E-state index < -0.39 is 18.4 Å². The van der Waals surface area contributed by atoms with Crippen LogP contribution in [0.25, 0.3) is 0 Å². The van der Waals surface area contributed by atoms with Crippen LogP contribution in [-0.4, -0.2) is 33.6 Å². The van der Waals surface area contributed by atoms with E-state index in [2.05, 4.69) is 21.1 Å². The van der Waals surface area contributed by atoms with Crippen molar-refractivity contribution in [1.82, 2.24) is 10.1 Å². The van der Waals surface area contributed by atoms with E-state index in [1.54, 1.807) is 6.07 Å². The van der Waals surface area contributed by atoms with Crippen molar-refractivity contribution in [3.63, 3.8) is 0 Å². The lowest BCUT2D eigenvalue weighted by Crippen LogP contribution is -2.35. The summed E-state index contributed by atoms with van der Waals surface area (Å²) in [4.78, 5) is 24.9. The molecule has 1 amide bonds. The minimum atomic E-state index is -1.07. The zero-order valence-corrected chi connectivity index (χ0v) is 13.8. The molecule has 0 atom stereocenters. The average Bonchev–Trinajstić information content (AvgIpc) is 3.23. The van der Waals surface area contributed by atoms with Crippen LogP contribution in [0.2, 0.25) is 0 Å². The summed E-state index contributed by atoms with van der Waals surface area (Å²) in [6.07, 6.45) is 2.11. The van der Waals surface area contributed by atoms with Gasteiger partial charge in [0.15, 0.2) is 0 Å². The van der Waals surface area contributed by atoms with Crippen LogP contribution in [0.3, 0.4) is 0 Å². The van der Waals surface area contributed by atoms with Crippen LogP contribution >= 0.6 is 15.9 Å². The summed E-state index contributed by atoms with van der Waals surface area (Å²) in [5, 5.41) is 13.0. The van der Waals surface area contributed by atoms with Gasteiger partial charge in [0.2, 0.25) is 5.76 Å². The number of rotatable bonds is 6. The smallest absolute Gasteiger partial charge is 0.323 e. The Bertz CT molecular complexity index is 739. The van der Waals surface area contributed by atoms with Gasteiger partial charge in [-0.15, -0.1) is 0 Å². The van der Waals surface area contributed by atoms with Crippen molar-refractivity contribution in [2.24, 2.45) is 0 Å². The molecule has 1 aliphatic rings. The van der Waals surface area contributed by atoms with Crippen LogP contribution in [0.4, 0.5) is 0 Å². The van der Waals surface area contributed by atoms with E-state index in [1.165, 1.54) is 4.90 Å². The van der Waals surface area contributed by atoms with E-state index in [1.807, 2.05) is 24.3 Å². The van der Waals surface area contributed by atoms with Gasteiger partial charge in [0.1, 0.15) is 6.54 Å². The molecule has 0 radical (unpaired) electrons. The van der Waals surface area contributed by atoms with Gasteiger partial charge >= 0.3 is 5.97 Å². The first-order chi connectivity index (χ1) is 11.0. The molecule has 1 aromatic carbocycles.